The first kappa shape index (κ1) is 18.7. The van der Waals surface area contributed by atoms with Gasteiger partial charge < -0.3 is 19.8 Å². The Morgan fingerprint density at radius 2 is 1.63 bits per heavy atom. The van der Waals surface area contributed by atoms with E-state index in [1.807, 2.05) is 24.3 Å². The van der Waals surface area contributed by atoms with E-state index in [2.05, 4.69) is 26.6 Å². The molecule has 138 valence electrons. The van der Waals surface area contributed by atoms with Crippen molar-refractivity contribution in [2.75, 3.05) is 11.9 Å². The molecule has 0 saturated heterocycles. The predicted octanol–water partition coefficient (Wildman–Crippen LogP) is 4.59. The SMILES string of the molecule is O=C(CCNC(=O)c1ccco1)Nc1ccc(Oc2ccc(Br)cc2)cc1. The van der Waals surface area contributed by atoms with Gasteiger partial charge in [-0.3, -0.25) is 9.59 Å². The normalized spacial score (nSPS) is 10.3. The zero-order valence-electron chi connectivity index (χ0n) is 14.3. The maximum absolute atomic E-state index is 12.0. The fraction of sp³-hybridized carbons (Fsp3) is 0.100. The highest BCUT2D eigenvalue weighted by Gasteiger charge is 2.09. The largest absolute Gasteiger partial charge is 0.459 e. The van der Waals surface area contributed by atoms with Crippen molar-refractivity contribution in [2.24, 2.45) is 0 Å². The quantitative estimate of drug-likeness (QED) is 0.576. The standard InChI is InChI=1S/C20H17BrN2O4/c21-14-3-7-16(8-4-14)27-17-9-5-15(6-10-17)23-19(24)11-12-22-20(25)18-2-1-13-26-18/h1-10,13H,11-12H2,(H,22,25)(H,23,24). The van der Waals surface area contributed by atoms with Gasteiger partial charge in [0.15, 0.2) is 5.76 Å². The summed E-state index contributed by atoms with van der Waals surface area (Å²) >= 11 is 3.38. The van der Waals surface area contributed by atoms with Gasteiger partial charge >= 0.3 is 0 Å². The molecule has 1 aromatic heterocycles. The van der Waals surface area contributed by atoms with Crippen LogP contribution < -0.4 is 15.4 Å². The highest BCUT2D eigenvalue weighted by Crippen LogP contribution is 2.24. The van der Waals surface area contributed by atoms with Crippen LogP contribution in [-0.4, -0.2) is 18.4 Å². The molecule has 0 saturated carbocycles. The lowest BCUT2D eigenvalue weighted by Gasteiger charge is -2.08. The molecule has 0 bridgehead atoms. The minimum atomic E-state index is -0.345. The molecule has 0 radical (unpaired) electrons. The molecule has 2 aromatic carbocycles. The van der Waals surface area contributed by atoms with E-state index in [-0.39, 0.29) is 30.5 Å². The lowest BCUT2D eigenvalue weighted by molar-refractivity contribution is -0.116. The van der Waals surface area contributed by atoms with Gasteiger partial charge in [-0.1, -0.05) is 15.9 Å². The van der Waals surface area contributed by atoms with Crippen LogP contribution in [0.1, 0.15) is 17.0 Å². The van der Waals surface area contributed by atoms with Gasteiger partial charge in [-0.25, -0.2) is 0 Å². The van der Waals surface area contributed by atoms with Gasteiger partial charge in [-0.05, 0) is 60.7 Å². The third-order valence-electron chi connectivity index (χ3n) is 3.57. The molecule has 0 atom stereocenters. The Bertz CT molecular complexity index is 891. The fourth-order valence-corrected chi connectivity index (χ4v) is 2.52. The zero-order chi connectivity index (χ0) is 19.1. The maximum atomic E-state index is 12.0. The Labute approximate surface area is 164 Å². The molecule has 3 rings (SSSR count). The van der Waals surface area contributed by atoms with Gasteiger partial charge in [-0.15, -0.1) is 0 Å². The van der Waals surface area contributed by atoms with Crippen LogP contribution in [0, 0.1) is 0 Å². The van der Waals surface area contributed by atoms with Crippen molar-refractivity contribution in [1.82, 2.24) is 5.32 Å². The number of amides is 2. The van der Waals surface area contributed by atoms with Crippen LogP contribution in [0.4, 0.5) is 5.69 Å². The van der Waals surface area contributed by atoms with Crippen molar-refractivity contribution in [2.45, 2.75) is 6.42 Å². The van der Waals surface area contributed by atoms with Crippen molar-refractivity contribution in [3.05, 3.63) is 77.2 Å². The Morgan fingerprint density at radius 1 is 0.963 bits per heavy atom. The van der Waals surface area contributed by atoms with Crippen LogP contribution in [0.25, 0.3) is 0 Å². The second-order valence-corrected chi connectivity index (χ2v) is 6.53. The summed E-state index contributed by atoms with van der Waals surface area (Å²) in [5.74, 6) is 1.07. The monoisotopic (exact) mass is 428 g/mol. The molecule has 0 unspecified atom stereocenters. The molecule has 2 amide bonds. The Hall–Kier alpha value is -3.06. The van der Waals surface area contributed by atoms with E-state index in [9.17, 15) is 9.59 Å². The number of carbonyl (C=O) groups is 2. The van der Waals surface area contributed by atoms with Crippen LogP contribution in [-0.2, 0) is 4.79 Å². The third-order valence-corrected chi connectivity index (χ3v) is 4.10. The smallest absolute Gasteiger partial charge is 0.286 e. The van der Waals surface area contributed by atoms with E-state index in [0.29, 0.717) is 11.4 Å². The van der Waals surface area contributed by atoms with Crippen molar-refractivity contribution < 1.29 is 18.7 Å². The number of anilines is 1. The van der Waals surface area contributed by atoms with E-state index in [1.54, 1.807) is 36.4 Å². The number of benzene rings is 2. The highest BCUT2D eigenvalue weighted by molar-refractivity contribution is 9.10. The maximum Gasteiger partial charge on any atom is 0.286 e. The van der Waals surface area contributed by atoms with Gasteiger partial charge in [-0.2, -0.15) is 0 Å². The predicted molar refractivity (Wildman–Crippen MR) is 105 cm³/mol. The summed E-state index contributed by atoms with van der Waals surface area (Å²) in [6.45, 7) is 0.218. The number of hydrogen-bond acceptors (Lipinski definition) is 4. The van der Waals surface area contributed by atoms with Crippen LogP contribution >= 0.6 is 15.9 Å². The summed E-state index contributed by atoms with van der Waals surface area (Å²) in [4.78, 5) is 23.7. The number of ether oxygens (including phenoxy) is 1. The second-order valence-electron chi connectivity index (χ2n) is 5.61. The first-order chi connectivity index (χ1) is 13.1. The Morgan fingerprint density at radius 3 is 2.26 bits per heavy atom. The Balaban J connectivity index is 1.44. The zero-order valence-corrected chi connectivity index (χ0v) is 15.9. The summed E-state index contributed by atoms with van der Waals surface area (Å²) in [5, 5.41) is 5.40. The van der Waals surface area contributed by atoms with Crippen molar-refractivity contribution in [1.29, 1.82) is 0 Å². The molecule has 7 heteroatoms. The second kappa shape index (κ2) is 9.05. The number of carbonyl (C=O) groups excluding carboxylic acids is 2. The average molecular weight is 429 g/mol. The van der Waals surface area contributed by atoms with E-state index < -0.39 is 0 Å². The van der Waals surface area contributed by atoms with Crippen LogP contribution in [0.2, 0.25) is 0 Å². The first-order valence-electron chi connectivity index (χ1n) is 8.25. The van der Waals surface area contributed by atoms with Crippen molar-refractivity contribution >= 4 is 33.4 Å². The highest BCUT2D eigenvalue weighted by atomic mass is 79.9. The van der Waals surface area contributed by atoms with Crippen LogP contribution in [0.5, 0.6) is 11.5 Å². The minimum Gasteiger partial charge on any atom is -0.459 e. The molecule has 3 aromatic rings. The van der Waals surface area contributed by atoms with Gasteiger partial charge in [0.2, 0.25) is 5.91 Å². The van der Waals surface area contributed by atoms with Gasteiger partial charge in [0.05, 0.1) is 6.26 Å². The summed E-state index contributed by atoms with van der Waals surface area (Å²) in [6, 6.07) is 17.8. The number of hydrogen-bond donors (Lipinski definition) is 2. The number of furan rings is 1. The van der Waals surface area contributed by atoms with Crippen molar-refractivity contribution in [3.8, 4) is 11.5 Å². The van der Waals surface area contributed by atoms with E-state index >= 15 is 0 Å². The molecule has 6 nitrogen and oxygen atoms in total. The van der Waals surface area contributed by atoms with Gasteiger partial charge in [0.25, 0.3) is 5.91 Å². The van der Waals surface area contributed by atoms with Crippen LogP contribution in [0.15, 0.2) is 75.8 Å². The lowest BCUT2D eigenvalue weighted by atomic mass is 10.3. The molecule has 0 aliphatic heterocycles. The molecular weight excluding hydrogens is 412 g/mol. The fourth-order valence-electron chi connectivity index (χ4n) is 2.25. The molecule has 0 spiro atoms. The van der Waals surface area contributed by atoms with E-state index in [0.717, 1.165) is 10.2 Å². The summed E-state index contributed by atoms with van der Waals surface area (Å²) in [5.41, 5.74) is 0.653. The number of rotatable bonds is 7. The first-order valence-corrected chi connectivity index (χ1v) is 9.04. The summed E-state index contributed by atoms with van der Waals surface area (Å²) in [7, 11) is 0. The van der Waals surface area contributed by atoms with E-state index in [4.69, 9.17) is 9.15 Å². The molecule has 0 aliphatic rings. The molecule has 27 heavy (non-hydrogen) atoms. The molecule has 1 heterocycles. The average Bonchev–Trinajstić information content (AvgIpc) is 3.20. The van der Waals surface area contributed by atoms with Crippen LogP contribution in [0.3, 0.4) is 0 Å². The third kappa shape index (κ3) is 5.72. The number of halogens is 1. The summed E-state index contributed by atoms with van der Waals surface area (Å²) < 4.78 is 11.7. The van der Waals surface area contributed by atoms with E-state index in [1.165, 1.54) is 6.26 Å². The summed E-state index contributed by atoms with van der Waals surface area (Å²) in [6.07, 6.45) is 1.58. The Kier molecular flexibility index (Phi) is 6.27. The topological polar surface area (TPSA) is 80.6 Å². The van der Waals surface area contributed by atoms with Crippen molar-refractivity contribution in [3.63, 3.8) is 0 Å². The molecule has 0 aliphatic carbocycles. The minimum absolute atomic E-state index is 0.156. The lowest BCUT2D eigenvalue weighted by Crippen LogP contribution is -2.27. The molecule has 0 fully saturated rings. The van der Waals surface area contributed by atoms with Gasteiger partial charge in [0, 0.05) is 23.1 Å². The number of nitrogens with one attached hydrogen (secondary N) is 2. The molecule has 2 N–H and O–H groups in total. The molecular formula is C20H17BrN2O4. The van der Waals surface area contributed by atoms with Gasteiger partial charge in [0.1, 0.15) is 11.5 Å².